The molecule has 24 heavy (non-hydrogen) atoms. The molecule has 1 aliphatic heterocycles. The summed E-state index contributed by atoms with van der Waals surface area (Å²) >= 11 is 0. The number of piperazine rings is 1. The molecule has 1 saturated heterocycles. The fourth-order valence-corrected chi connectivity index (χ4v) is 3.40. The van der Waals surface area contributed by atoms with Crippen molar-refractivity contribution < 1.29 is 9.50 Å². The summed E-state index contributed by atoms with van der Waals surface area (Å²) in [6.07, 6.45) is 0.770. The van der Waals surface area contributed by atoms with Gasteiger partial charge in [-0.1, -0.05) is 42.5 Å². The minimum Gasteiger partial charge on any atom is -0.396 e. The first kappa shape index (κ1) is 17.1. The van der Waals surface area contributed by atoms with Crippen LogP contribution in [0.4, 0.5) is 4.39 Å². The molecule has 1 heterocycles. The van der Waals surface area contributed by atoms with Gasteiger partial charge in [0.15, 0.2) is 0 Å². The van der Waals surface area contributed by atoms with E-state index in [4.69, 9.17) is 0 Å². The van der Waals surface area contributed by atoms with Gasteiger partial charge in [-0.3, -0.25) is 9.80 Å². The number of hydrogen-bond acceptors (Lipinski definition) is 3. The van der Waals surface area contributed by atoms with Gasteiger partial charge in [0.25, 0.3) is 0 Å². The third kappa shape index (κ3) is 4.63. The first-order valence-corrected chi connectivity index (χ1v) is 8.60. The van der Waals surface area contributed by atoms with Crippen LogP contribution >= 0.6 is 0 Å². The van der Waals surface area contributed by atoms with Crippen LogP contribution in [0.25, 0.3) is 0 Å². The van der Waals surface area contributed by atoms with Gasteiger partial charge in [0.05, 0.1) is 0 Å². The predicted molar refractivity (Wildman–Crippen MR) is 94.0 cm³/mol. The SMILES string of the molecule is OCC[C@H]1CN(Cc2ccccc2)CCN1Cc1ccc(F)cc1. The lowest BCUT2D eigenvalue weighted by molar-refractivity contribution is 0.0500. The van der Waals surface area contributed by atoms with Crippen LogP contribution in [0.5, 0.6) is 0 Å². The van der Waals surface area contributed by atoms with Crippen LogP contribution in [0.3, 0.4) is 0 Å². The third-order valence-electron chi connectivity index (χ3n) is 4.70. The van der Waals surface area contributed by atoms with E-state index in [1.54, 1.807) is 0 Å². The molecular weight excluding hydrogens is 303 g/mol. The lowest BCUT2D eigenvalue weighted by atomic mass is 10.1. The molecule has 3 rings (SSSR count). The minimum absolute atomic E-state index is 0.196. The summed E-state index contributed by atoms with van der Waals surface area (Å²) in [4.78, 5) is 4.86. The maximum atomic E-state index is 13.1. The van der Waals surface area contributed by atoms with Crippen molar-refractivity contribution in [3.05, 3.63) is 71.5 Å². The van der Waals surface area contributed by atoms with Gasteiger partial charge in [0.2, 0.25) is 0 Å². The van der Waals surface area contributed by atoms with Crippen molar-refractivity contribution in [2.75, 3.05) is 26.2 Å². The zero-order valence-electron chi connectivity index (χ0n) is 13.9. The maximum Gasteiger partial charge on any atom is 0.123 e. The zero-order chi connectivity index (χ0) is 16.8. The van der Waals surface area contributed by atoms with E-state index in [0.717, 1.165) is 44.7 Å². The molecule has 4 heteroatoms. The summed E-state index contributed by atoms with van der Waals surface area (Å²) in [5, 5.41) is 9.42. The number of aliphatic hydroxyl groups is 1. The monoisotopic (exact) mass is 328 g/mol. The normalized spacial score (nSPS) is 19.5. The standard InChI is InChI=1S/C20H25FN2O/c21-19-8-6-18(7-9-19)15-23-12-11-22(16-20(23)10-13-24)14-17-4-2-1-3-5-17/h1-9,20,24H,10-16H2/t20-/m0/s1. The van der Waals surface area contributed by atoms with Gasteiger partial charge in [0, 0.05) is 45.4 Å². The number of benzene rings is 2. The van der Waals surface area contributed by atoms with E-state index in [1.165, 1.54) is 17.7 Å². The molecule has 2 aromatic carbocycles. The summed E-state index contributed by atoms with van der Waals surface area (Å²) < 4.78 is 13.1. The molecule has 0 bridgehead atoms. The largest absolute Gasteiger partial charge is 0.396 e. The molecule has 128 valence electrons. The van der Waals surface area contributed by atoms with Gasteiger partial charge in [-0.15, -0.1) is 0 Å². The topological polar surface area (TPSA) is 26.7 Å². The predicted octanol–water partition coefficient (Wildman–Crippen LogP) is 2.89. The van der Waals surface area contributed by atoms with Crippen molar-refractivity contribution in [2.24, 2.45) is 0 Å². The average Bonchev–Trinajstić information content (AvgIpc) is 2.60. The summed E-state index contributed by atoms with van der Waals surface area (Å²) in [6, 6.07) is 17.6. The highest BCUT2D eigenvalue weighted by atomic mass is 19.1. The van der Waals surface area contributed by atoms with E-state index in [1.807, 2.05) is 18.2 Å². The van der Waals surface area contributed by atoms with Gasteiger partial charge in [-0.25, -0.2) is 4.39 Å². The maximum absolute atomic E-state index is 13.1. The van der Waals surface area contributed by atoms with E-state index in [9.17, 15) is 9.50 Å². The highest BCUT2D eigenvalue weighted by molar-refractivity contribution is 5.17. The number of rotatable bonds is 6. The van der Waals surface area contributed by atoms with Gasteiger partial charge in [0.1, 0.15) is 5.82 Å². The molecule has 0 spiro atoms. The molecule has 1 atom stereocenters. The first-order chi connectivity index (χ1) is 11.7. The second-order valence-electron chi connectivity index (χ2n) is 6.48. The van der Waals surface area contributed by atoms with E-state index < -0.39 is 0 Å². The van der Waals surface area contributed by atoms with E-state index in [0.29, 0.717) is 6.04 Å². The Bertz CT molecular complexity index is 617. The Morgan fingerprint density at radius 3 is 2.33 bits per heavy atom. The van der Waals surface area contributed by atoms with Crippen LogP contribution in [0.1, 0.15) is 17.5 Å². The number of nitrogens with zero attached hydrogens (tertiary/aromatic N) is 2. The van der Waals surface area contributed by atoms with Crippen molar-refractivity contribution in [1.82, 2.24) is 9.80 Å². The Kier molecular flexibility index (Phi) is 5.96. The average molecular weight is 328 g/mol. The summed E-state index contributed by atoms with van der Waals surface area (Å²) in [6.45, 7) is 4.89. The molecule has 1 N–H and O–H groups in total. The van der Waals surface area contributed by atoms with Gasteiger partial charge < -0.3 is 5.11 Å². The second-order valence-corrected chi connectivity index (χ2v) is 6.48. The second kappa shape index (κ2) is 8.38. The summed E-state index contributed by atoms with van der Waals surface area (Å²) in [7, 11) is 0. The first-order valence-electron chi connectivity index (χ1n) is 8.60. The Balaban J connectivity index is 1.61. The van der Waals surface area contributed by atoms with Gasteiger partial charge in [-0.2, -0.15) is 0 Å². The smallest absolute Gasteiger partial charge is 0.123 e. The van der Waals surface area contributed by atoms with Crippen molar-refractivity contribution in [2.45, 2.75) is 25.6 Å². The molecule has 0 amide bonds. The van der Waals surface area contributed by atoms with Crippen LogP contribution < -0.4 is 0 Å². The Morgan fingerprint density at radius 2 is 1.62 bits per heavy atom. The lowest BCUT2D eigenvalue weighted by Crippen LogP contribution is -2.52. The van der Waals surface area contributed by atoms with Crippen LogP contribution in [0.2, 0.25) is 0 Å². The van der Waals surface area contributed by atoms with Crippen LogP contribution in [0.15, 0.2) is 54.6 Å². The van der Waals surface area contributed by atoms with Crippen molar-refractivity contribution >= 4 is 0 Å². The fraction of sp³-hybridized carbons (Fsp3) is 0.400. The quantitative estimate of drug-likeness (QED) is 0.883. The van der Waals surface area contributed by atoms with E-state index in [2.05, 4.69) is 34.1 Å². The molecular formula is C20H25FN2O. The number of halogens is 1. The molecule has 1 fully saturated rings. The zero-order valence-corrected chi connectivity index (χ0v) is 13.9. The molecule has 0 radical (unpaired) electrons. The number of aliphatic hydroxyl groups excluding tert-OH is 1. The van der Waals surface area contributed by atoms with Gasteiger partial charge >= 0.3 is 0 Å². The molecule has 3 nitrogen and oxygen atoms in total. The highest BCUT2D eigenvalue weighted by Crippen LogP contribution is 2.18. The Morgan fingerprint density at radius 1 is 0.917 bits per heavy atom. The van der Waals surface area contributed by atoms with Crippen molar-refractivity contribution in [3.63, 3.8) is 0 Å². The van der Waals surface area contributed by atoms with Crippen molar-refractivity contribution in [3.8, 4) is 0 Å². The minimum atomic E-state index is -0.196. The van der Waals surface area contributed by atoms with Crippen LogP contribution in [0, 0.1) is 5.82 Å². The summed E-state index contributed by atoms with van der Waals surface area (Å²) in [5.74, 6) is -0.196. The molecule has 0 aliphatic carbocycles. The highest BCUT2D eigenvalue weighted by Gasteiger charge is 2.26. The molecule has 1 aliphatic rings. The summed E-state index contributed by atoms with van der Waals surface area (Å²) in [5.41, 5.74) is 2.45. The molecule has 0 saturated carbocycles. The Hall–Kier alpha value is -1.75. The molecule has 2 aromatic rings. The van der Waals surface area contributed by atoms with E-state index in [-0.39, 0.29) is 12.4 Å². The van der Waals surface area contributed by atoms with Gasteiger partial charge in [-0.05, 0) is 29.7 Å². The van der Waals surface area contributed by atoms with Crippen LogP contribution in [-0.2, 0) is 13.1 Å². The van der Waals surface area contributed by atoms with Crippen molar-refractivity contribution in [1.29, 1.82) is 0 Å². The number of hydrogen-bond donors (Lipinski definition) is 1. The molecule has 0 aromatic heterocycles. The molecule has 0 unspecified atom stereocenters. The lowest BCUT2D eigenvalue weighted by Gasteiger charge is -2.41. The van der Waals surface area contributed by atoms with Crippen LogP contribution in [-0.4, -0.2) is 47.2 Å². The third-order valence-corrected chi connectivity index (χ3v) is 4.70. The fourth-order valence-electron chi connectivity index (χ4n) is 3.40. The Labute approximate surface area is 143 Å². The van der Waals surface area contributed by atoms with E-state index >= 15 is 0 Å².